The summed E-state index contributed by atoms with van der Waals surface area (Å²) in [4.78, 5) is 14.6. The van der Waals surface area contributed by atoms with Crippen LogP contribution in [0.1, 0.15) is 41.5 Å². The van der Waals surface area contributed by atoms with E-state index in [-0.39, 0.29) is 5.91 Å². The van der Waals surface area contributed by atoms with E-state index in [1.807, 2.05) is 36.1 Å². The molecule has 0 atom stereocenters. The Kier molecular flexibility index (Phi) is 4.74. The number of carbonyl (C=O) groups excluding carboxylic acids is 1. The van der Waals surface area contributed by atoms with Gasteiger partial charge >= 0.3 is 0 Å². The number of rotatable bonds is 4. The lowest BCUT2D eigenvalue weighted by Gasteiger charge is -2.32. The Balaban J connectivity index is 1.57. The molecule has 2 aromatic rings. The Bertz CT molecular complexity index is 671. The normalized spacial score (nSPS) is 15.8. The first-order valence-corrected chi connectivity index (χ1v) is 8.40. The molecule has 0 bridgehead atoms. The van der Waals surface area contributed by atoms with Gasteiger partial charge in [-0.3, -0.25) is 4.79 Å². The van der Waals surface area contributed by atoms with Crippen molar-refractivity contribution in [3.63, 3.8) is 0 Å². The van der Waals surface area contributed by atoms with Crippen LogP contribution in [-0.2, 0) is 13.0 Å². The number of carbonyl (C=O) groups is 1. The summed E-state index contributed by atoms with van der Waals surface area (Å²) in [5, 5.41) is 8.22. The molecule has 5 heteroatoms. The van der Waals surface area contributed by atoms with Gasteiger partial charge in [0.05, 0.1) is 0 Å². The van der Waals surface area contributed by atoms with E-state index < -0.39 is 0 Å². The molecular formula is C18H24N4O. The van der Waals surface area contributed by atoms with Crippen molar-refractivity contribution in [3.8, 4) is 0 Å². The van der Waals surface area contributed by atoms with Crippen LogP contribution in [0.15, 0.2) is 30.6 Å². The van der Waals surface area contributed by atoms with Crippen LogP contribution in [-0.4, -0.2) is 38.7 Å². The van der Waals surface area contributed by atoms with E-state index >= 15 is 0 Å². The topological polar surface area (TPSA) is 51.0 Å². The number of aromatic nitrogens is 3. The third-order valence-electron chi connectivity index (χ3n) is 4.67. The zero-order chi connectivity index (χ0) is 16.2. The van der Waals surface area contributed by atoms with Crippen molar-refractivity contribution >= 4 is 5.91 Å². The number of hydrogen-bond donors (Lipinski definition) is 0. The Hall–Kier alpha value is -2.17. The molecule has 1 saturated heterocycles. The first-order chi connectivity index (χ1) is 11.2. The summed E-state index contributed by atoms with van der Waals surface area (Å²) in [5.41, 5.74) is 1.93. The second-order valence-electron chi connectivity index (χ2n) is 6.34. The standard InChI is InChI=1S/C18H24N4O/c1-3-21-13-19-20-17(21)12-15-7-9-22(10-8-15)18(23)16-6-4-5-14(2)11-16/h4-6,11,13,15H,3,7-10,12H2,1-2H3. The molecule has 0 spiro atoms. The highest BCUT2D eigenvalue weighted by Gasteiger charge is 2.24. The molecule has 1 amide bonds. The first-order valence-electron chi connectivity index (χ1n) is 8.40. The third kappa shape index (κ3) is 3.60. The molecule has 1 aliphatic rings. The van der Waals surface area contributed by atoms with Gasteiger partial charge in [-0.1, -0.05) is 17.7 Å². The van der Waals surface area contributed by atoms with Crippen molar-refractivity contribution in [2.45, 2.75) is 39.7 Å². The summed E-state index contributed by atoms with van der Waals surface area (Å²) in [7, 11) is 0. The van der Waals surface area contributed by atoms with Crippen LogP contribution < -0.4 is 0 Å². The molecule has 1 fully saturated rings. The lowest BCUT2D eigenvalue weighted by atomic mass is 9.92. The van der Waals surface area contributed by atoms with Crippen LogP contribution in [0.25, 0.3) is 0 Å². The number of nitrogens with zero attached hydrogens (tertiary/aromatic N) is 4. The summed E-state index contributed by atoms with van der Waals surface area (Å²) in [6.45, 7) is 6.70. The summed E-state index contributed by atoms with van der Waals surface area (Å²) in [6, 6.07) is 7.85. The third-order valence-corrected chi connectivity index (χ3v) is 4.67. The molecule has 1 aromatic carbocycles. The molecule has 1 aromatic heterocycles. The molecule has 0 radical (unpaired) electrons. The van der Waals surface area contributed by atoms with Crippen LogP contribution in [0.5, 0.6) is 0 Å². The predicted molar refractivity (Wildman–Crippen MR) is 89.2 cm³/mol. The molecule has 3 rings (SSSR count). The van der Waals surface area contributed by atoms with Gasteiger partial charge < -0.3 is 9.47 Å². The minimum Gasteiger partial charge on any atom is -0.339 e. The minimum atomic E-state index is 0.156. The lowest BCUT2D eigenvalue weighted by molar-refractivity contribution is 0.0689. The van der Waals surface area contributed by atoms with Gasteiger partial charge in [-0.2, -0.15) is 0 Å². The average Bonchev–Trinajstić information content (AvgIpc) is 3.02. The van der Waals surface area contributed by atoms with Crippen LogP contribution >= 0.6 is 0 Å². The quantitative estimate of drug-likeness (QED) is 0.872. The van der Waals surface area contributed by atoms with Crippen LogP contribution in [0.4, 0.5) is 0 Å². The van der Waals surface area contributed by atoms with Gasteiger partial charge in [0.2, 0.25) is 0 Å². The zero-order valence-corrected chi connectivity index (χ0v) is 13.9. The second-order valence-corrected chi connectivity index (χ2v) is 6.34. The van der Waals surface area contributed by atoms with E-state index in [0.29, 0.717) is 5.92 Å². The number of piperidine rings is 1. The summed E-state index contributed by atoms with van der Waals surface area (Å²) in [6.07, 6.45) is 4.83. The van der Waals surface area contributed by atoms with Crippen LogP contribution in [0, 0.1) is 12.8 Å². The van der Waals surface area contributed by atoms with Gasteiger partial charge in [-0.25, -0.2) is 0 Å². The molecular weight excluding hydrogens is 288 g/mol. The number of hydrogen-bond acceptors (Lipinski definition) is 3. The zero-order valence-electron chi connectivity index (χ0n) is 13.9. The van der Waals surface area contributed by atoms with E-state index in [9.17, 15) is 4.79 Å². The SMILES string of the molecule is CCn1cnnc1CC1CCN(C(=O)c2cccc(C)c2)CC1. The fourth-order valence-electron chi connectivity index (χ4n) is 3.26. The Labute approximate surface area is 137 Å². The molecule has 0 N–H and O–H groups in total. The summed E-state index contributed by atoms with van der Waals surface area (Å²) < 4.78 is 2.10. The highest BCUT2D eigenvalue weighted by Crippen LogP contribution is 2.22. The van der Waals surface area contributed by atoms with E-state index in [2.05, 4.69) is 21.7 Å². The van der Waals surface area contributed by atoms with E-state index in [0.717, 1.165) is 55.8 Å². The van der Waals surface area contributed by atoms with Crippen molar-refractivity contribution < 1.29 is 4.79 Å². The van der Waals surface area contributed by atoms with Gasteiger partial charge in [0.15, 0.2) is 0 Å². The van der Waals surface area contributed by atoms with Gasteiger partial charge in [0.25, 0.3) is 5.91 Å². The second kappa shape index (κ2) is 6.94. The highest BCUT2D eigenvalue weighted by molar-refractivity contribution is 5.94. The molecule has 0 aliphatic carbocycles. The predicted octanol–water partition coefficient (Wildman–Crippen LogP) is 2.70. The Morgan fingerprint density at radius 3 is 2.78 bits per heavy atom. The molecule has 23 heavy (non-hydrogen) atoms. The van der Waals surface area contributed by atoms with E-state index in [4.69, 9.17) is 0 Å². The van der Waals surface area contributed by atoms with Gasteiger partial charge in [-0.05, 0) is 44.7 Å². The van der Waals surface area contributed by atoms with Crippen molar-refractivity contribution in [2.24, 2.45) is 5.92 Å². The molecule has 0 unspecified atom stereocenters. The fraction of sp³-hybridized carbons (Fsp3) is 0.500. The van der Waals surface area contributed by atoms with Crippen molar-refractivity contribution in [1.82, 2.24) is 19.7 Å². The first kappa shape index (κ1) is 15.7. The summed E-state index contributed by atoms with van der Waals surface area (Å²) >= 11 is 0. The number of benzene rings is 1. The lowest BCUT2D eigenvalue weighted by Crippen LogP contribution is -2.39. The highest BCUT2D eigenvalue weighted by atomic mass is 16.2. The molecule has 122 valence electrons. The minimum absolute atomic E-state index is 0.156. The van der Waals surface area contributed by atoms with E-state index in [1.54, 1.807) is 6.33 Å². The van der Waals surface area contributed by atoms with Crippen LogP contribution in [0.2, 0.25) is 0 Å². The van der Waals surface area contributed by atoms with E-state index in [1.165, 1.54) is 0 Å². The summed E-state index contributed by atoms with van der Waals surface area (Å²) in [5.74, 6) is 1.81. The molecule has 0 saturated carbocycles. The Morgan fingerprint density at radius 1 is 1.30 bits per heavy atom. The van der Waals surface area contributed by atoms with Crippen molar-refractivity contribution in [3.05, 3.63) is 47.5 Å². The number of likely N-dealkylation sites (tertiary alicyclic amines) is 1. The van der Waals surface area contributed by atoms with Crippen LogP contribution in [0.3, 0.4) is 0 Å². The fourth-order valence-corrected chi connectivity index (χ4v) is 3.26. The van der Waals surface area contributed by atoms with Gasteiger partial charge in [0, 0.05) is 31.6 Å². The maximum absolute atomic E-state index is 12.6. The average molecular weight is 312 g/mol. The number of aryl methyl sites for hydroxylation is 2. The number of amides is 1. The van der Waals surface area contributed by atoms with Gasteiger partial charge in [0.1, 0.15) is 12.2 Å². The monoisotopic (exact) mass is 312 g/mol. The Morgan fingerprint density at radius 2 is 2.09 bits per heavy atom. The largest absolute Gasteiger partial charge is 0.339 e. The maximum Gasteiger partial charge on any atom is 0.253 e. The molecule has 5 nitrogen and oxygen atoms in total. The van der Waals surface area contributed by atoms with Crippen molar-refractivity contribution in [1.29, 1.82) is 0 Å². The smallest absolute Gasteiger partial charge is 0.253 e. The van der Waals surface area contributed by atoms with Crippen molar-refractivity contribution in [2.75, 3.05) is 13.1 Å². The molecule has 1 aliphatic heterocycles. The molecule has 2 heterocycles. The maximum atomic E-state index is 12.6. The van der Waals surface area contributed by atoms with Gasteiger partial charge in [-0.15, -0.1) is 10.2 Å².